The van der Waals surface area contributed by atoms with Gasteiger partial charge in [-0.3, -0.25) is 0 Å². The van der Waals surface area contributed by atoms with E-state index < -0.39 is 0 Å². The molecular formula is C10H24O2. The number of hydrogen-bond donors (Lipinski definition) is 2. The molecule has 0 bridgehead atoms. The molecule has 0 aliphatic carbocycles. The van der Waals surface area contributed by atoms with Gasteiger partial charge in [-0.05, 0) is 19.3 Å². The highest BCUT2D eigenvalue weighted by Crippen LogP contribution is 1.95. The number of aliphatic hydroxyl groups is 2. The molecule has 0 amide bonds. The van der Waals surface area contributed by atoms with Crippen molar-refractivity contribution in [3.8, 4) is 0 Å². The molecule has 76 valence electrons. The van der Waals surface area contributed by atoms with Crippen LogP contribution >= 0.6 is 0 Å². The lowest BCUT2D eigenvalue weighted by atomic mass is 10.1. The van der Waals surface area contributed by atoms with Gasteiger partial charge in [-0.1, -0.05) is 33.6 Å². The first-order valence-electron chi connectivity index (χ1n) is 4.87. The van der Waals surface area contributed by atoms with Crippen LogP contribution in [0.1, 0.15) is 47.0 Å². The van der Waals surface area contributed by atoms with Crippen LogP contribution in [0.15, 0.2) is 0 Å². The Kier molecular flexibility index (Phi) is 13.1. The van der Waals surface area contributed by atoms with Crippen molar-refractivity contribution in [2.75, 3.05) is 6.61 Å². The maximum atomic E-state index is 8.55. The topological polar surface area (TPSA) is 40.5 Å². The van der Waals surface area contributed by atoms with E-state index in [-0.39, 0.29) is 6.10 Å². The predicted octanol–water partition coefficient (Wildman–Crippen LogP) is 2.19. The van der Waals surface area contributed by atoms with Gasteiger partial charge in [-0.25, -0.2) is 0 Å². The zero-order valence-electron chi connectivity index (χ0n) is 8.88. The van der Waals surface area contributed by atoms with E-state index in [1.54, 1.807) is 0 Å². The summed E-state index contributed by atoms with van der Waals surface area (Å²) < 4.78 is 0. The molecule has 2 heteroatoms. The van der Waals surface area contributed by atoms with Crippen molar-refractivity contribution in [2.45, 2.75) is 53.1 Å². The fourth-order valence-electron chi connectivity index (χ4n) is 0.547. The molecule has 0 aliphatic rings. The molecule has 0 fully saturated rings. The molecule has 0 aliphatic heterocycles. The lowest BCUT2D eigenvalue weighted by molar-refractivity contribution is 0.183. The van der Waals surface area contributed by atoms with Crippen LogP contribution in [0.5, 0.6) is 0 Å². The quantitative estimate of drug-likeness (QED) is 0.689. The Balaban J connectivity index is 0. The molecule has 0 aromatic carbocycles. The molecule has 0 heterocycles. The van der Waals surface area contributed by atoms with Gasteiger partial charge >= 0.3 is 0 Å². The Morgan fingerprint density at radius 2 is 1.67 bits per heavy atom. The summed E-state index contributed by atoms with van der Waals surface area (Å²) in [5, 5.41) is 16.9. The molecule has 12 heavy (non-hydrogen) atoms. The maximum Gasteiger partial charge on any atom is 0.0512 e. The summed E-state index contributed by atoms with van der Waals surface area (Å²) in [6.45, 7) is 8.30. The van der Waals surface area contributed by atoms with Gasteiger partial charge in [0.1, 0.15) is 0 Å². The number of aliphatic hydroxyl groups excluding tert-OH is 2. The smallest absolute Gasteiger partial charge is 0.0512 e. The second-order valence-electron chi connectivity index (χ2n) is 3.33. The monoisotopic (exact) mass is 176 g/mol. The molecule has 0 radical (unpaired) electrons. The van der Waals surface area contributed by atoms with Gasteiger partial charge in [-0.2, -0.15) is 0 Å². The minimum absolute atomic E-state index is 0.102. The summed E-state index contributed by atoms with van der Waals surface area (Å²) in [6, 6.07) is 0. The maximum absolute atomic E-state index is 8.55. The molecule has 2 atom stereocenters. The molecule has 2 nitrogen and oxygen atoms in total. The van der Waals surface area contributed by atoms with E-state index in [1.165, 1.54) is 0 Å². The lowest BCUT2D eigenvalue weighted by Gasteiger charge is -1.98. The highest BCUT2D eigenvalue weighted by Gasteiger charge is 1.90. The molecule has 2 unspecified atom stereocenters. The van der Waals surface area contributed by atoms with Crippen molar-refractivity contribution in [3.05, 3.63) is 0 Å². The summed E-state index contributed by atoms with van der Waals surface area (Å²) in [4.78, 5) is 0. The van der Waals surface area contributed by atoms with Gasteiger partial charge in [0.25, 0.3) is 0 Å². The van der Waals surface area contributed by atoms with Gasteiger partial charge in [0.15, 0.2) is 0 Å². The summed E-state index contributed by atoms with van der Waals surface area (Å²) in [5.74, 6) is 0.491. The number of hydrogen-bond acceptors (Lipinski definition) is 2. The van der Waals surface area contributed by atoms with Crippen molar-refractivity contribution < 1.29 is 10.2 Å². The average molecular weight is 176 g/mol. The Labute approximate surface area is 76.6 Å². The van der Waals surface area contributed by atoms with Crippen molar-refractivity contribution in [3.63, 3.8) is 0 Å². The zero-order valence-corrected chi connectivity index (χ0v) is 8.88. The fraction of sp³-hybridized carbons (Fsp3) is 1.00. The van der Waals surface area contributed by atoms with Gasteiger partial charge in [0, 0.05) is 6.61 Å². The van der Waals surface area contributed by atoms with E-state index in [0.717, 1.165) is 19.3 Å². The van der Waals surface area contributed by atoms with E-state index in [2.05, 4.69) is 13.8 Å². The Hall–Kier alpha value is -0.0800. The Bertz CT molecular complexity index is 68.2. The highest BCUT2D eigenvalue weighted by atomic mass is 16.3. The third-order valence-electron chi connectivity index (χ3n) is 1.72. The number of rotatable bonds is 4. The molecular weight excluding hydrogens is 152 g/mol. The van der Waals surface area contributed by atoms with Gasteiger partial charge in [0.2, 0.25) is 0 Å². The van der Waals surface area contributed by atoms with Crippen LogP contribution in [-0.2, 0) is 0 Å². The van der Waals surface area contributed by atoms with Crippen LogP contribution in [0, 0.1) is 5.92 Å². The predicted molar refractivity (Wildman–Crippen MR) is 53.1 cm³/mol. The summed E-state index contributed by atoms with van der Waals surface area (Å²) in [6.07, 6.45) is 2.99. The molecule has 2 N–H and O–H groups in total. The molecule has 0 spiro atoms. The minimum atomic E-state index is -0.102. The molecule has 0 saturated heterocycles. The van der Waals surface area contributed by atoms with Crippen LogP contribution in [0.2, 0.25) is 0 Å². The van der Waals surface area contributed by atoms with Crippen molar-refractivity contribution in [2.24, 2.45) is 5.92 Å². The van der Waals surface area contributed by atoms with E-state index in [4.69, 9.17) is 10.2 Å². The lowest BCUT2D eigenvalue weighted by Crippen LogP contribution is -1.96. The standard InChI is InChI=1S/2C5H12O/c1-3-5(2)4-6;1-3-4-5(2)6/h2*5-6H,3-4H2,1-2H3. The van der Waals surface area contributed by atoms with Crippen molar-refractivity contribution in [1.82, 2.24) is 0 Å². The van der Waals surface area contributed by atoms with E-state index in [1.807, 2.05) is 13.8 Å². The highest BCUT2D eigenvalue weighted by molar-refractivity contribution is 4.41. The van der Waals surface area contributed by atoms with E-state index in [9.17, 15) is 0 Å². The molecule has 0 aromatic heterocycles. The van der Waals surface area contributed by atoms with Crippen molar-refractivity contribution >= 4 is 0 Å². The van der Waals surface area contributed by atoms with Crippen LogP contribution in [-0.4, -0.2) is 22.9 Å². The SMILES string of the molecule is CCC(C)CO.CCCC(C)O. The van der Waals surface area contributed by atoms with Crippen LogP contribution in [0.25, 0.3) is 0 Å². The second-order valence-corrected chi connectivity index (χ2v) is 3.33. The van der Waals surface area contributed by atoms with Crippen LogP contribution < -0.4 is 0 Å². The molecule has 0 rings (SSSR count). The minimum Gasteiger partial charge on any atom is -0.396 e. The average Bonchev–Trinajstić information content (AvgIpc) is 2.04. The molecule has 0 saturated carbocycles. The van der Waals surface area contributed by atoms with Gasteiger partial charge in [-0.15, -0.1) is 0 Å². The first-order valence-corrected chi connectivity index (χ1v) is 4.87. The zero-order chi connectivity index (χ0) is 9.98. The van der Waals surface area contributed by atoms with Crippen molar-refractivity contribution in [1.29, 1.82) is 0 Å². The second kappa shape index (κ2) is 10.9. The van der Waals surface area contributed by atoms with Crippen LogP contribution in [0.4, 0.5) is 0 Å². The third-order valence-corrected chi connectivity index (χ3v) is 1.72. The van der Waals surface area contributed by atoms with Crippen LogP contribution in [0.3, 0.4) is 0 Å². The summed E-state index contributed by atoms with van der Waals surface area (Å²) in [7, 11) is 0. The summed E-state index contributed by atoms with van der Waals surface area (Å²) in [5.41, 5.74) is 0. The van der Waals surface area contributed by atoms with Gasteiger partial charge < -0.3 is 10.2 Å². The largest absolute Gasteiger partial charge is 0.396 e. The van der Waals surface area contributed by atoms with E-state index in [0.29, 0.717) is 12.5 Å². The first-order chi connectivity index (χ1) is 5.58. The normalized spacial score (nSPS) is 14.5. The fourth-order valence-corrected chi connectivity index (χ4v) is 0.547. The van der Waals surface area contributed by atoms with E-state index >= 15 is 0 Å². The van der Waals surface area contributed by atoms with Gasteiger partial charge in [0.05, 0.1) is 6.10 Å². The first kappa shape index (κ1) is 14.4. The third kappa shape index (κ3) is 16.5. The molecule has 0 aromatic rings. The summed E-state index contributed by atoms with van der Waals surface area (Å²) >= 11 is 0. The Morgan fingerprint density at radius 3 is 1.67 bits per heavy atom. The Morgan fingerprint density at radius 1 is 1.17 bits per heavy atom.